The van der Waals surface area contributed by atoms with E-state index in [1.165, 1.54) is 12.0 Å². The maximum Gasteiger partial charge on any atom is 0.0944 e. The van der Waals surface area contributed by atoms with Crippen LogP contribution >= 0.6 is 0 Å². The van der Waals surface area contributed by atoms with Crippen molar-refractivity contribution in [1.82, 2.24) is 5.32 Å². The quantitative estimate of drug-likeness (QED) is 0.756. The van der Waals surface area contributed by atoms with Crippen molar-refractivity contribution >= 4 is 5.84 Å². The molecule has 98 valence electrons. The largest absolute Gasteiger partial charge is 0.387 e. The summed E-state index contributed by atoms with van der Waals surface area (Å²) in [5, 5.41) is 3.47. The van der Waals surface area contributed by atoms with Gasteiger partial charge in [0.15, 0.2) is 0 Å². The summed E-state index contributed by atoms with van der Waals surface area (Å²) in [5.74, 6) is 1.46. The zero-order valence-electron chi connectivity index (χ0n) is 11.1. The van der Waals surface area contributed by atoms with Crippen molar-refractivity contribution in [2.45, 2.75) is 38.8 Å². The molecule has 18 heavy (non-hydrogen) atoms. The number of hydrogen-bond donors (Lipinski definition) is 2. The zero-order valence-corrected chi connectivity index (χ0v) is 11.1. The monoisotopic (exact) mass is 245 g/mol. The molecule has 1 aromatic carbocycles. The van der Waals surface area contributed by atoms with E-state index in [1.54, 1.807) is 0 Å². The van der Waals surface area contributed by atoms with Gasteiger partial charge < -0.3 is 11.1 Å². The first-order chi connectivity index (χ1) is 8.75. The molecule has 0 saturated heterocycles. The van der Waals surface area contributed by atoms with E-state index < -0.39 is 0 Å². The molecule has 0 aliphatic carbocycles. The lowest BCUT2D eigenvalue weighted by molar-refractivity contribution is 0.455. The Kier molecular flexibility index (Phi) is 4.76. The highest BCUT2D eigenvalue weighted by Gasteiger charge is 2.23. The number of nitrogens with one attached hydrogen (secondary N) is 1. The van der Waals surface area contributed by atoms with Crippen LogP contribution in [0.1, 0.15) is 31.7 Å². The van der Waals surface area contributed by atoms with E-state index in [2.05, 4.69) is 41.5 Å². The number of amidine groups is 1. The molecule has 1 heterocycles. The van der Waals surface area contributed by atoms with E-state index in [9.17, 15) is 0 Å². The summed E-state index contributed by atoms with van der Waals surface area (Å²) < 4.78 is 0. The Morgan fingerprint density at radius 3 is 2.78 bits per heavy atom. The molecule has 3 heteroatoms. The minimum Gasteiger partial charge on any atom is -0.387 e. The van der Waals surface area contributed by atoms with Crippen molar-refractivity contribution < 1.29 is 0 Å². The summed E-state index contributed by atoms with van der Waals surface area (Å²) in [5.41, 5.74) is 7.10. The van der Waals surface area contributed by atoms with Crippen LogP contribution in [0, 0.1) is 5.92 Å². The third-order valence-corrected chi connectivity index (χ3v) is 3.55. The first kappa shape index (κ1) is 13.1. The fourth-order valence-electron chi connectivity index (χ4n) is 2.47. The van der Waals surface area contributed by atoms with Crippen molar-refractivity contribution in [3.05, 3.63) is 35.9 Å². The van der Waals surface area contributed by atoms with E-state index in [0.29, 0.717) is 12.0 Å². The number of nitrogens with two attached hydrogens (primary N) is 1. The lowest BCUT2D eigenvalue weighted by atomic mass is 9.98. The lowest BCUT2D eigenvalue weighted by Gasteiger charge is -2.12. The van der Waals surface area contributed by atoms with Gasteiger partial charge >= 0.3 is 0 Å². The normalized spacial score (nSPS) is 23.1. The van der Waals surface area contributed by atoms with Crippen LogP contribution in [0.2, 0.25) is 0 Å². The van der Waals surface area contributed by atoms with E-state index in [4.69, 9.17) is 5.73 Å². The Balaban J connectivity index is 1.59. The first-order valence-electron chi connectivity index (χ1n) is 6.82. The lowest BCUT2D eigenvalue weighted by Crippen LogP contribution is -2.18. The molecule has 0 radical (unpaired) electrons. The SMILES string of the molecule is C[C@H]1CC(N)=N[C@@H]1CCCNCc1ccccc1. The van der Waals surface area contributed by atoms with Crippen LogP contribution in [0.4, 0.5) is 0 Å². The molecule has 0 aromatic heterocycles. The maximum atomic E-state index is 5.76. The van der Waals surface area contributed by atoms with Crippen LogP contribution in [0.25, 0.3) is 0 Å². The summed E-state index contributed by atoms with van der Waals surface area (Å²) in [6.07, 6.45) is 3.28. The smallest absolute Gasteiger partial charge is 0.0944 e. The molecule has 0 unspecified atom stereocenters. The fourth-order valence-corrected chi connectivity index (χ4v) is 2.47. The summed E-state index contributed by atoms with van der Waals surface area (Å²) in [4.78, 5) is 4.49. The molecule has 3 nitrogen and oxygen atoms in total. The second-order valence-corrected chi connectivity index (χ2v) is 5.17. The Morgan fingerprint density at radius 1 is 1.33 bits per heavy atom. The Morgan fingerprint density at radius 2 is 2.11 bits per heavy atom. The van der Waals surface area contributed by atoms with Gasteiger partial charge in [-0.15, -0.1) is 0 Å². The summed E-state index contributed by atoms with van der Waals surface area (Å²) in [6, 6.07) is 11.0. The van der Waals surface area contributed by atoms with Crippen molar-refractivity contribution in [2.75, 3.05) is 6.54 Å². The van der Waals surface area contributed by atoms with Crippen LogP contribution in [-0.4, -0.2) is 18.4 Å². The third kappa shape index (κ3) is 3.84. The van der Waals surface area contributed by atoms with Gasteiger partial charge in [-0.1, -0.05) is 37.3 Å². The van der Waals surface area contributed by atoms with E-state index in [1.807, 2.05) is 6.07 Å². The summed E-state index contributed by atoms with van der Waals surface area (Å²) in [6.45, 7) is 4.24. The molecule has 0 amide bonds. The molecule has 0 fully saturated rings. The predicted molar refractivity (Wildman–Crippen MR) is 76.6 cm³/mol. The third-order valence-electron chi connectivity index (χ3n) is 3.55. The molecule has 0 saturated carbocycles. The molecule has 1 aromatic rings. The number of rotatable bonds is 6. The van der Waals surface area contributed by atoms with Gasteiger partial charge in [-0.3, -0.25) is 4.99 Å². The number of hydrogen-bond acceptors (Lipinski definition) is 3. The second-order valence-electron chi connectivity index (χ2n) is 5.17. The van der Waals surface area contributed by atoms with Gasteiger partial charge in [0.25, 0.3) is 0 Å². The van der Waals surface area contributed by atoms with Crippen LogP contribution in [-0.2, 0) is 6.54 Å². The Bertz CT molecular complexity index is 386. The minimum absolute atomic E-state index is 0.448. The van der Waals surface area contributed by atoms with Gasteiger partial charge in [0, 0.05) is 13.0 Å². The highest BCUT2D eigenvalue weighted by atomic mass is 14.9. The predicted octanol–water partition coefficient (Wildman–Crippen LogP) is 2.32. The molecule has 2 atom stereocenters. The Labute approximate surface area is 109 Å². The zero-order chi connectivity index (χ0) is 12.8. The molecule has 0 spiro atoms. The highest BCUT2D eigenvalue weighted by Crippen LogP contribution is 2.22. The average Bonchev–Trinajstić information content (AvgIpc) is 2.69. The van der Waals surface area contributed by atoms with E-state index >= 15 is 0 Å². The van der Waals surface area contributed by atoms with Crippen LogP contribution in [0.3, 0.4) is 0 Å². The van der Waals surface area contributed by atoms with Crippen LogP contribution in [0.5, 0.6) is 0 Å². The molecule has 3 N–H and O–H groups in total. The average molecular weight is 245 g/mol. The van der Waals surface area contributed by atoms with Crippen molar-refractivity contribution in [2.24, 2.45) is 16.6 Å². The molecular formula is C15H23N3. The topological polar surface area (TPSA) is 50.4 Å². The Hall–Kier alpha value is -1.35. The summed E-state index contributed by atoms with van der Waals surface area (Å²) in [7, 11) is 0. The first-order valence-corrected chi connectivity index (χ1v) is 6.82. The van der Waals surface area contributed by atoms with Gasteiger partial charge in [0.05, 0.1) is 11.9 Å². The van der Waals surface area contributed by atoms with Gasteiger partial charge in [-0.2, -0.15) is 0 Å². The van der Waals surface area contributed by atoms with Crippen molar-refractivity contribution in [3.8, 4) is 0 Å². The number of nitrogens with zero attached hydrogens (tertiary/aromatic N) is 1. The van der Waals surface area contributed by atoms with Crippen LogP contribution in [0.15, 0.2) is 35.3 Å². The molecule has 1 aliphatic heterocycles. The fraction of sp³-hybridized carbons (Fsp3) is 0.533. The van der Waals surface area contributed by atoms with E-state index in [0.717, 1.165) is 31.8 Å². The van der Waals surface area contributed by atoms with Crippen LogP contribution < -0.4 is 11.1 Å². The number of aliphatic imine (C=N–C) groups is 1. The standard InChI is InChI=1S/C15H23N3/c1-12-10-15(16)18-14(12)8-5-9-17-11-13-6-3-2-4-7-13/h2-4,6-7,12,14,17H,5,8-11H2,1H3,(H2,16,18)/t12-,14+/m0/s1. The molecule has 0 bridgehead atoms. The van der Waals surface area contributed by atoms with Crippen molar-refractivity contribution in [3.63, 3.8) is 0 Å². The molecule has 2 rings (SSSR count). The maximum absolute atomic E-state index is 5.76. The van der Waals surface area contributed by atoms with Gasteiger partial charge in [-0.25, -0.2) is 0 Å². The molecular weight excluding hydrogens is 222 g/mol. The number of benzene rings is 1. The van der Waals surface area contributed by atoms with Gasteiger partial charge in [-0.05, 0) is 30.9 Å². The van der Waals surface area contributed by atoms with Gasteiger partial charge in [0.2, 0.25) is 0 Å². The highest BCUT2D eigenvalue weighted by molar-refractivity contribution is 5.82. The van der Waals surface area contributed by atoms with E-state index in [-0.39, 0.29) is 0 Å². The summed E-state index contributed by atoms with van der Waals surface area (Å²) >= 11 is 0. The minimum atomic E-state index is 0.448. The molecule has 1 aliphatic rings. The second kappa shape index (κ2) is 6.55. The van der Waals surface area contributed by atoms with Gasteiger partial charge in [0.1, 0.15) is 0 Å². The van der Waals surface area contributed by atoms with Crippen molar-refractivity contribution in [1.29, 1.82) is 0 Å².